The number of hydrogen-bond acceptors (Lipinski definition) is 7. The number of aliphatic hydroxyl groups excluding tert-OH is 2. The molecule has 2 aliphatic carbocycles. The van der Waals surface area contributed by atoms with E-state index in [0.717, 1.165) is 47.1 Å². The standard InChI is InChI=1S/C26H29N5O3/c27-25-19-8-10-31(26(19)30-14-29-25)21-12-17(23(32)24(21)33)5-3-15-4-6-18-20(11-15)28-9-7-22(18)34-13-16-1-2-16/h4,6-11,14,16-17,21,23-24,32-33H,1-3,5,12-13H2,(H2,27,29,30)/t17-,21+,23+,24-/m0/s1. The first-order valence-electron chi connectivity index (χ1n) is 12.0. The Labute approximate surface area is 197 Å². The number of ether oxygens (including phenoxy) is 1. The van der Waals surface area contributed by atoms with Crippen LogP contribution in [0.4, 0.5) is 5.82 Å². The number of nitrogen functional groups attached to an aromatic ring is 1. The van der Waals surface area contributed by atoms with Gasteiger partial charge in [0, 0.05) is 17.8 Å². The van der Waals surface area contributed by atoms with Crippen LogP contribution in [0.25, 0.3) is 21.9 Å². The van der Waals surface area contributed by atoms with E-state index in [1.165, 1.54) is 19.2 Å². The Bertz CT molecular complexity index is 1330. The molecule has 0 bridgehead atoms. The molecule has 0 radical (unpaired) electrons. The van der Waals surface area contributed by atoms with Crippen molar-refractivity contribution in [2.75, 3.05) is 12.3 Å². The zero-order valence-electron chi connectivity index (χ0n) is 18.9. The average Bonchev–Trinajstić information content (AvgIpc) is 3.52. The minimum Gasteiger partial charge on any atom is -0.493 e. The minimum absolute atomic E-state index is 0.0199. The summed E-state index contributed by atoms with van der Waals surface area (Å²) < 4.78 is 7.94. The van der Waals surface area contributed by atoms with Gasteiger partial charge < -0.3 is 25.3 Å². The largest absolute Gasteiger partial charge is 0.493 e. The van der Waals surface area contributed by atoms with E-state index in [0.29, 0.717) is 23.8 Å². The number of hydrogen-bond donors (Lipinski definition) is 3. The predicted molar refractivity (Wildman–Crippen MR) is 129 cm³/mol. The van der Waals surface area contributed by atoms with Crippen molar-refractivity contribution < 1.29 is 14.9 Å². The summed E-state index contributed by atoms with van der Waals surface area (Å²) in [4.78, 5) is 12.9. The number of aromatic nitrogens is 4. The molecule has 2 aliphatic rings. The normalized spacial score (nSPS) is 24.8. The molecule has 2 saturated carbocycles. The number of nitrogens with zero attached hydrogens (tertiary/aromatic N) is 4. The third kappa shape index (κ3) is 3.86. The van der Waals surface area contributed by atoms with Gasteiger partial charge in [0.15, 0.2) is 0 Å². The number of aryl methyl sites for hydroxylation is 1. The third-order valence-corrected chi connectivity index (χ3v) is 7.41. The van der Waals surface area contributed by atoms with Gasteiger partial charge in [0.05, 0.1) is 29.7 Å². The van der Waals surface area contributed by atoms with Gasteiger partial charge in [0.1, 0.15) is 29.6 Å². The number of rotatable bonds is 7. The Morgan fingerprint density at radius 3 is 2.76 bits per heavy atom. The van der Waals surface area contributed by atoms with E-state index in [9.17, 15) is 10.2 Å². The molecule has 2 fully saturated rings. The smallest absolute Gasteiger partial charge is 0.145 e. The van der Waals surface area contributed by atoms with E-state index >= 15 is 0 Å². The lowest BCUT2D eigenvalue weighted by atomic mass is 9.95. The van der Waals surface area contributed by atoms with E-state index in [4.69, 9.17) is 10.5 Å². The van der Waals surface area contributed by atoms with Crippen molar-refractivity contribution in [2.45, 2.75) is 50.4 Å². The maximum Gasteiger partial charge on any atom is 0.145 e. The molecule has 34 heavy (non-hydrogen) atoms. The van der Waals surface area contributed by atoms with Gasteiger partial charge in [0.25, 0.3) is 0 Å². The van der Waals surface area contributed by atoms with Gasteiger partial charge in [-0.05, 0) is 73.8 Å². The molecule has 8 heteroatoms. The predicted octanol–water partition coefficient (Wildman–Crippen LogP) is 3.27. The number of aliphatic hydroxyl groups is 2. The van der Waals surface area contributed by atoms with Crippen molar-refractivity contribution in [2.24, 2.45) is 11.8 Å². The fourth-order valence-corrected chi connectivity index (χ4v) is 5.21. The second kappa shape index (κ2) is 8.52. The summed E-state index contributed by atoms with van der Waals surface area (Å²) in [6.45, 7) is 0.777. The van der Waals surface area contributed by atoms with Crippen molar-refractivity contribution in [3.05, 3.63) is 54.6 Å². The molecule has 1 aromatic carbocycles. The first-order chi connectivity index (χ1) is 16.6. The highest BCUT2D eigenvalue weighted by Gasteiger charge is 2.42. The summed E-state index contributed by atoms with van der Waals surface area (Å²) in [6, 6.07) is 9.84. The van der Waals surface area contributed by atoms with Crippen molar-refractivity contribution in [3.8, 4) is 5.75 Å². The second-order valence-electron chi connectivity index (χ2n) is 9.72. The van der Waals surface area contributed by atoms with Crippen molar-refractivity contribution in [1.82, 2.24) is 19.5 Å². The maximum absolute atomic E-state index is 10.8. The molecular formula is C26H29N5O3. The summed E-state index contributed by atoms with van der Waals surface area (Å²) in [5.74, 6) is 1.99. The molecule has 0 unspecified atom stereocenters. The Balaban J connectivity index is 1.16. The topological polar surface area (TPSA) is 119 Å². The minimum atomic E-state index is -0.860. The SMILES string of the molecule is Nc1ncnc2c1ccn2[C@@H]1C[C@H](CCc2ccc3c(OCC4CC4)ccnc3c2)[C@@H](O)[C@H]1O. The highest BCUT2D eigenvalue weighted by molar-refractivity contribution is 5.86. The van der Waals surface area contributed by atoms with Crippen molar-refractivity contribution in [3.63, 3.8) is 0 Å². The van der Waals surface area contributed by atoms with Gasteiger partial charge in [-0.1, -0.05) is 6.07 Å². The molecule has 3 aromatic heterocycles. The lowest BCUT2D eigenvalue weighted by Gasteiger charge is -2.19. The molecule has 0 saturated heterocycles. The molecule has 4 N–H and O–H groups in total. The van der Waals surface area contributed by atoms with E-state index in [1.807, 2.05) is 22.9 Å². The number of anilines is 1. The fourth-order valence-electron chi connectivity index (χ4n) is 5.21. The molecule has 8 nitrogen and oxygen atoms in total. The van der Waals surface area contributed by atoms with E-state index in [1.54, 1.807) is 6.20 Å². The summed E-state index contributed by atoms with van der Waals surface area (Å²) in [6.07, 6.45) is 8.21. The van der Waals surface area contributed by atoms with E-state index < -0.39 is 12.2 Å². The zero-order valence-corrected chi connectivity index (χ0v) is 18.9. The number of pyridine rings is 1. The fraction of sp³-hybridized carbons (Fsp3) is 0.423. The van der Waals surface area contributed by atoms with Crippen LogP contribution < -0.4 is 10.5 Å². The third-order valence-electron chi connectivity index (χ3n) is 7.41. The first kappa shape index (κ1) is 21.3. The molecule has 0 amide bonds. The summed E-state index contributed by atoms with van der Waals surface area (Å²) >= 11 is 0. The second-order valence-corrected chi connectivity index (χ2v) is 9.72. The summed E-state index contributed by atoms with van der Waals surface area (Å²) in [7, 11) is 0. The first-order valence-corrected chi connectivity index (χ1v) is 12.0. The van der Waals surface area contributed by atoms with Crippen LogP contribution in [0, 0.1) is 11.8 Å². The highest BCUT2D eigenvalue weighted by Crippen LogP contribution is 2.40. The van der Waals surface area contributed by atoms with Gasteiger partial charge in [-0.3, -0.25) is 4.98 Å². The lowest BCUT2D eigenvalue weighted by molar-refractivity contribution is 0.00545. The van der Waals surface area contributed by atoms with Gasteiger partial charge in [-0.15, -0.1) is 0 Å². The average molecular weight is 460 g/mol. The monoisotopic (exact) mass is 459 g/mol. The number of fused-ring (bicyclic) bond motifs is 2. The van der Waals surface area contributed by atoms with E-state index in [-0.39, 0.29) is 12.0 Å². The number of nitrogens with two attached hydrogens (primary N) is 1. The summed E-state index contributed by atoms with van der Waals surface area (Å²) in [5.41, 5.74) is 8.73. The molecule has 0 aliphatic heterocycles. The van der Waals surface area contributed by atoms with Crippen molar-refractivity contribution >= 4 is 27.8 Å². The molecule has 4 atom stereocenters. The van der Waals surface area contributed by atoms with Crippen LogP contribution in [0.5, 0.6) is 5.75 Å². The quantitative estimate of drug-likeness (QED) is 0.388. The molecule has 4 aromatic rings. The Kier molecular flexibility index (Phi) is 5.34. The van der Waals surface area contributed by atoms with E-state index in [2.05, 4.69) is 33.2 Å². The van der Waals surface area contributed by atoms with Gasteiger partial charge in [0.2, 0.25) is 0 Å². The highest BCUT2D eigenvalue weighted by atomic mass is 16.5. The number of benzene rings is 1. The summed E-state index contributed by atoms with van der Waals surface area (Å²) in [5, 5.41) is 23.4. The maximum atomic E-state index is 10.8. The van der Waals surface area contributed by atoms with Gasteiger partial charge in [-0.2, -0.15) is 0 Å². The lowest BCUT2D eigenvalue weighted by Crippen LogP contribution is -2.29. The van der Waals surface area contributed by atoms with Crippen LogP contribution >= 0.6 is 0 Å². The van der Waals surface area contributed by atoms with Gasteiger partial charge >= 0.3 is 0 Å². The molecular weight excluding hydrogens is 430 g/mol. The van der Waals surface area contributed by atoms with Crippen LogP contribution in [0.2, 0.25) is 0 Å². The van der Waals surface area contributed by atoms with Crippen LogP contribution in [-0.2, 0) is 6.42 Å². The Morgan fingerprint density at radius 2 is 1.91 bits per heavy atom. The van der Waals surface area contributed by atoms with Crippen LogP contribution in [0.3, 0.4) is 0 Å². The molecule has 0 spiro atoms. The van der Waals surface area contributed by atoms with Gasteiger partial charge in [-0.25, -0.2) is 9.97 Å². The van der Waals surface area contributed by atoms with Crippen LogP contribution in [0.15, 0.2) is 49.1 Å². The molecule has 176 valence electrons. The Hall–Kier alpha value is -3.23. The Morgan fingerprint density at radius 1 is 1.03 bits per heavy atom. The molecule has 3 heterocycles. The zero-order chi connectivity index (χ0) is 23.2. The van der Waals surface area contributed by atoms with Crippen LogP contribution in [-0.4, -0.2) is 48.5 Å². The van der Waals surface area contributed by atoms with Crippen molar-refractivity contribution in [1.29, 1.82) is 0 Å². The van der Waals surface area contributed by atoms with Crippen LogP contribution in [0.1, 0.15) is 37.3 Å². The molecule has 6 rings (SSSR count).